The van der Waals surface area contributed by atoms with Crippen molar-refractivity contribution in [1.29, 1.82) is 0 Å². The van der Waals surface area contributed by atoms with Crippen LogP contribution < -0.4 is 5.32 Å². The van der Waals surface area contributed by atoms with Crippen LogP contribution in [-0.2, 0) is 0 Å². The Morgan fingerprint density at radius 1 is 1.27 bits per heavy atom. The number of amides is 1. The normalized spacial score (nSPS) is 27.3. The van der Waals surface area contributed by atoms with Gasteiger partial charge in [0.25, 0.3) is 5.91 Å². The summed E-state index contributed by atoms with van der Waals surface area (Å²) in [5, 5.41) is 5.05. The SMILES string of the molecule is O=C(NC1CN2CCC1CC2)c1sc2cccc(Cl)c2c1Cl. The Labute approximate surface area is 143 Å². The van der Waals surface area contributed by atoms with Crippen molar-refractivity contribution in [2.45, 2.75) is 18.9 Å². The molecule has 22 heavy (non-hydrogen) atoms. The van der Waals surface area contributed by atoms with E-state index in [-0.39, 0.29) is 11.9 Å². The highest BCUT2D eigenvalue weighted by Gasteiger charge is 2.35. The molecular weight excluding hydrogens is 339 g/mol. The summed E-state index contributed by atoms with van der Waals surface area (Å²) in [6.45, 7) is 3.28. The average Bonchev–Trinajstić information content (AvgIpc) is 2.87. The molecule has 0 aliphatic carbocycles. The van der Waals surface area contributed by atoms with Gasteiger partial charge in [0.15, 0.2) is 0 Å². The van der Waals surface area contributed by atoms with Crippen molar-refractivity contribution in [3.8, 4) is 0 Å². The third kappa shape index (κ3) is 2.42. The molecule has 1 amide bonds. The number of carbonyl (C=O) groups is 1. The Kier molecular flexibility index (Phi) is 3.81. The third-order valence-corrected chi connectivity index (χ3v) is 6.74. The number of halogens is 2. The van der Waals surface area contributed by atoms with E-state index in [4.69, 9.17) is 23.2 Å². The van der Waals surface area contributed by atoms with Gasteiger partial charge in [-0.25, -0.2) is 0 Å². The highest BCUT2D eigenvalue weighted by atomic mass is 35.5. The lowest BCUT2D eigenvalue weighted by molar-refractivity contribution is 0.0623. The fourth-order valence-corrected chi connectivity index (χ4v) is 5.44. The molecule has 3 nitrogen and oxygen atoms in total. The van der Waals surface area contributed by atoms with Crippen molar-refractivity contribution in [3.63, 3.8) is 0 Å². The number of carbonyl (C=O) groups excluding carboxylic acids is 1. The number of piperidine rings is 3. The van der Waals surface area contributed by atoms with Gasteiger partial charge in [-0.1, -0.05) is 29.3 Å². The zero-order chi connectivity index (χ0) is 15.3. The molecule has 116 valence electrons. The lowest BCUT2D eigenvalue weighted by atomic mass is 9.84. The first-order valence-corrected chi connectivity index (χ1v) is 9.10. The lowest BCUT2D eigenvalue weighted by Crippen LogP contribution is -2.57. The predicted molar refractivity (Wildman–Crippen MR) is 92.3 cm³/mol. The van der Waals surface area contributed by atoms with Crippen molar-refractivity contribution in [3.05, 3.63) is 33.1 Å². The Morgan fingerprint density at radius 2 is 2.05 bits per heavy atom. The molecule has 1 aromatic heterocycles. The monoisotopic (exact) mass is 354 g/mol. The second-order valence-electron chi connectivity index (χ2n) is 6.08. The van der Waals surface area contributed by atoms with E-state index in [0.717, 1.165) is 29.7 Å². The number of thiophene rings is 1. The number of benzene rings is 1. The number of hydrogen-bond acceptors (Lipinski definition) is 3. The lowest BCUT2D eigenvalue weighted by Gasteiger charge is -2.44. The molecule has 2 aromatic rings. The fourth-order valence-electron chi connectivity index (χ4n) is 3.58. The smallest absolute Gasteiger partial charge is 0.263 e. The van der Waals surface area contributed by atoms with Crippen LogP contribution >= 0.6 is 34.5 Å². The van der Waals surface area contributed by atoms with E-state index in [1.165, 1.54) is 24.2 Å². The van der Waals surface area contributed by atoms with Gasteiger partial charge in [0.2, 0.25) is 0 Å². The Balaban J connectivity index is 1.61. The number of nitrogens with zero attached hydrogens (tertiary/aromatic N) is 1. The molecular formula is C16H16Cl2N2OS. The largest absolute Gasteiger partial charge is 0.347 e. The molecule has 3 fully saturated rings. The van der Waals surface area contributed by atoms with Crippen LogP contribution in [0.5, 0.6) is 0 Å². The molecule has 0 saturated carbocycles. The Hall–Kier alpha value is -0.810. The van der Waals surface area contributed by atoms with Gasteiger partial charge < -0.3 is 10.2 Å². The zero-order valence-corrected chi connectivity index (χ0v) is 14.3. The first kappa shape index (κ1) is 14.8. The maximum Gasteiger partial charge on any atom is 0.263 e. The van der Waals surface area contributed by atoms with Gasteiger partial charge in [-0.2, -0.15) is 0 Å². The van der Waals surface area contributed by atoms with Gasteiger partial charge in [0, 0.05) is 22.7 Å². The number of fused-ring (bicyclic) bond motifs is 4. The first-order chi connectivity index (χ1) is 10.6. The molecule has 0 radical (unpaired) electrons. The van der Waals surface area contributed by atoms with Crippen molar-refractivity contribution >= 4 is 50.5 Å². The van der Waals surface area contributed by atoms with Gasteiger partial charge in [-0.15, -0.1) is 11.3 Å². The van der Waals surface area contributed by atoms with Gasteiger partial charge in [0.05, 0.1) is 10.0 Å². The van der Waals surface area contributed by atoms with Gasteiger partial charge in [0.1, 0.15) is 4.88 Å². The molecule has 3 aliphatic heterocycles. The van der Waals surface area contributed by atoms with E-state index < -0.39 is 0 Å². The third-order valence-electron chi connectivity index (χ3n) is 4.79. The summed E-state index contributed by atoms with van der Waals surface area (Å²) in [5.74, 6) is 0.534. The zero-order valence-electron chi connectivity index (χ0n) is 11.9. The van der Waals surface area contributed by atoms with E-state index in [2.05, 4.69) is 10.2 Å². The minimum Gasteiger partial charge on any atom is -0.347 e. The van der Waals surface area contributed by atoms with E-state index in [0.29, 0.717) is 20.8 Å². The quantitative estimate of drug-likeness (QED) is 0.882. The van der Waals surface area contributed by atoms with E-state index in [9.17, 15) is 4.79 Å². The van der Waals surface area contributed by atoms with E-state index in [1.54, 1.807) is 6.07 Å². The van der Waals surface area contributed by atoms with Crippen LogP contribution in [-0.4, -0.2) is 36.5 Å². The Morgan fingerprint density at radius 3 is 2.68 bits per heavy atom. The topological polar surface area (TPSA) is 32.3 Å². The molecule has 6 heteroatoms. The van der Waals surface area contributed by atoms with Crippen LogP contribution in [0.3, 0.4) is 0 Å². The van der Waals surface area contributed by atoms with Gasteiger partial charge in [-0.05, 0) is 44.0 Å². The average molecular weight is 355 g/mol. The van der Waals surface area contributed by atoms with Crippen LogP contribution in [0.2, 0.25) is 10.0 Å². The van der Waals surface area contributed by atoms with Crippen molar-refractivity contribution < 1.29 is 4.79 Å². The van der Waals surface area contributed by atoms with Crippen molar-refractivity contribution in [1.82, 2.24) is 10.2 Å². The molecule has 1 unspecified atom stereocenters. The minimum atomic E-state index is -0.0685. The molecule has 1 atom stereocenters. The second-order valence-corrected chi connectivity index (χ2v) is 7.91. The highest BCUT2D eigenvalue weighted by Crippen LogP contribution is 2.39. The molecule has 3 aliphatic rings. The van der Waals surface area contributed by atoms with Crippen molar-refractivity contribution in [2.24, 2.45) is 5.92 Å². The van der Waals surface area contributed by atoms with Crippen LogP contribution in [0, 0.1) is 5.92 Å². The fraction of sp³-hybridized carbons (Fsp3) is 0.438. The summed E-state index contributed by atoms with van der Waals surface area (Å²) in [5.41, 5.74) is 0. The molecule has 1 aromatic carbocycles. The predicted octanol–water partition coefficient (Wildman–Crippen LogP) is 4.03. The van der Waals surface area contributed by atoms with Crippen LogP contribution in [0.15, 0.2) is 18.2 Å². The summed E-state index contributed by atoms with van der Waals surface area (Å²) < 4.78 is 0.955. The Bertz CT molecular complexity index is 737. The summed E-state index contributed by atoms with van der Waals surface area (Å²) in [6.07, 6.45) is 2.36. The van der Waals surface area contributed by atoms with Crippen molar-refractivity contribution in [2.75, 3.05) is 19.6 Å². The maximum atomic E-state index is 12.6. The van der Waals surface area contributed by atoms with Crippen LogP contribution in [0.1, 0.15) is 22.5 Å². The summed E-state index contributed by atoms with van der Waals surface area (Å²) in [6, 6.07) is 5.87. The minimum absolute atomic E-state index is 0.0685. The van der Waals surface area contributed by atoms with Crippen LogP contribution in [0.4, 0.5) is 0 Å². The molecule has 0 spiro atoms. The van der Waals surface area contributed by atoms with Gasteiger partial charge >= 0.3 is 0 Å². The maximum absolute atomic E-state index is 12.6. The van der Waals surface area contributed by atoms with E-state index >= 15 is 0 Å². The van der Waals surface area contributed by atoms with Gasteiger partial charge in [-0.3, -0.25) is 4.79 Å². The first-order valence-electron chi connectivity index (χ1n) is 7.53. The highest BCUT2D eigenvalue weighted by molar-refractivity contribution is 7.21. The number of rotatable bonds is 2. The van der Waals surface area contributed by atoms with Crippen LogP contribution in [0.25, 0.3) is 10.1 Å². The molecule has 4 heterocycles. The van der Waals surface area contributed by atoms with E-state index in [1.807, 2.05) is 12.1 Å². The summed E-state index contributed by atoms with van der Waals surface area (Å²) >= 11 is 14.0. The molecule has 5 rings (SSSR count). The molecule has 1 N–H and O–H groups in total. The summed E-state index contributed by atoms with van der Waals surface area (Å²) in [7, 11) is 0. The molecule has 2 bridgehead atoms. The number of nitrogens with one attached hydrogen (secondary N) is 1. The summed E-state index contributed by atoms with van der Waals surface area (Å²) in [4.78, 5) is 15.6. The second kappa shape index (κ2) is 5.68. The standard InChI is InChI=1S/C16H16Cl2N2OS/c17-10-2-1-3-12-13(10)14(18)15(22-12)16(21)19-11-8-20-6-4-9(11)5-7-20/h1-3,9,11H,4-8H2,(H,19,21). The molecule has 3 saturated heterocycles. The number of hydrogen-bond donors (Lipinski definition) is 1.